The van der Waals surface area contributed by atoms with Crippen LogP contribution in [0.5, 0.6) is 0 Å². The minimum atomic E-state index is 0.771. The fourth-order valence-electron chi connectivity index (χ4n) is 0.379. The highest BCUT2D eigenvalue weighted by molar-refractivity contribution is 7.80. The SMILES string of the molecule is SCC[SiH]=[Si]=[SiH]CCS. The summed E-state index contributed by atoms with van der Waals surface area (Å²) < 4.78 is 0. The van der Waals surface area contributed by atoms with Gasteiger partial charge in [0.2, 0.25) is 0 Å². The second kappa shape index (κ2) is 9.35. The van der Waals surface area contributed by atoms with E-state index in [4.69, 9.17) is 0 Å². The molecular weight excluding hydrogens is 196 g/mol. The molecule has 0 saturated carbocycles. The smallest absolute Gasteiger partial charge is 0.00868 e. The van der Waals surface area contributed by atoms with E-state index in [0.29, 0.717) is 0 Å². The van der Waals surface area contributed by atoms with Crippen LogP contribution >= 0.6 is 25.3 Å². The lowest BCUT2D eigenvalue weighted by molar-refractivity contribution is 1.51. The summed E-state index contributed by atoms with van der Waals surface area (Å²) in [5, 5.41) is 0. The van der Waals surface area contributed by atoms with E-state index in [-0.39, 0.29) is 0 Å². The highest BCUT2D eigenvalue weighted by atomic mass is 32.1. The van der Waals surface area contributed by atoms with Crippen LogP contribution in [0.4, 0.5) is 0 Å². The van der Waals surface area contributed by atoms with Crippen LogP contribution in [-0.2, 0) is 0 Å². The number of hydrogen-bond acceptors (Lipinski definition) is 2. The lowest BCUT2D eigenvalue weighted by Crippen LogP contribution is -1.85. The monoisotopic (exact) mass is 208 g/mol. The van der Waals surface area contributed by atoms with Gasteiger partial charge in [0.15, 0.2) is 0 Å². The van der Waals surface area contributed by atoms with Crippen molar-refractivity contribution in [1.29, 1.82) is 0 Å². The van der Waals surface area contributed by atoms with Crippen molar-refractivity contribution in [3.05, 3.63) is 0 Å². The Morgan fingerprint density at radius 2 is 1.44 bits per heavy atom. The molecule has 9 heavy (non-hydrogen) atoms. The molecule has 0 rings (SSSR count). The fraction of sp³-hybridized carbons (Fsp3) is 1.00. The molecule has 52 valence electrons. The molecule has 0 aliphatic heterocycles. The van der Waals surface area contributed by atoms with E-state index in [9.17, 15) is 0 Å². The summed E-state index contributed by atoms with van der Waals surface area (Å²) in [5.74, 6) is 2.20. The Morgan fingerprint density at radius 3 is 1.78 bits per heavy atom. The molecule has 0 radical (unpaired) electrons. The minimum absolute atomic E-state index is 0.771. The van der Waals surface area contributed by atoms with Gasteiger partial charge < -0.3 is 0 Å². The van der Waals surface area contributed by atoms with E-state index in [0.717, 1.165) is 28.7 Å². The summed E-state index contributed by atoms with van der Waals surface area (Å²) in [6.07, 6.45) is 0. The van der Waals surface area contributed by atoms with Gasteiger partial charge in [-0.25, -0.2) is 0 Å². The van der Waals surface area contributed by atoms with E-state index in [2.05, 4.69) is 25.3 Å². The number of thiol groups is 2. The first kappa shape index (κ1) is 10.4. The summed E-state index contributed by atoms with van der Waals surface area (Å²) in [7, 11) is 2.86. The summed E-state index contributed by atoms with van der Waals surface area (Å²) in [6, 6.07) is 2.78. The first-order valence-corrected chi connectivity index (χ1v) is 10.5. The Kier molecular flexibility index (Phi) is 10.8. The highest BCUT2D eigenvalue weighted by Gasteiger charge is 1.70. The van der Waals surface area contributed by atoms with E-state index in [1.807, 2.05) is 0 Å². The third-order valence-corrected chi connectivity index (χ3v) is 11.3. The van der Waals surface area contributed by atoms with Crippen LogP contribution in [0.2, 0.25) is 12.1 Å². The Bertz CT molecular complexity index is 98.4. The molecular formula is C4H12S2Si3. The van der Waals surface area contributed by atoms with Gasteiger partial charge in [0, 0.05) is 17.2 Å². The molecule has 0 atom stereocenters. The maximum absolute atomic E-state index is 4.17. The Balaban J connectivity index is 3.18. The highest BCUT2D eigenvalue weighted by Crippen LogP contribution is 1.76. The number of hydrogen-bond donors (Lipinski definition) is 2. The topological polar surface area (TPSA) is 0 Å². The molecule has 0 spiro atoms. The molecule has 0 N–H and O–H groups in total. The van der Waals surface area contributed by atoms with Gasteiger partial charge in [0.1, 0.15) is 0 Å². The van der Waals surface area contributed by atoms with Crippen LogP contribution < -0.4 is 0 Å². The minimum Gasteiger partial charge on any atom is -0.179 e. The van der Waals surface area contributed by atoms with Crippen LogP contribution in [0.15, 0.2) is 0 Å². The zero-order chi connectivity index (χ0) is 6.95. The van der Waals surface area contributed by atoms with Gasteiger partial charge in [-0.15, -0.1) is 7.71 Å². The second-order valence-corrected chi connectivity index (χ2v) is 11.2. The van der Waals surface area contributed by atoms with Gasteiger partial charge in [0.25, 0.3) is 0 Å². The van der Waals surface area contributed by atoms with Crippen molar-refractivity contribution in [2.45, 2.75) is 12.1 Å². The lowest BCUT2D eigenvalue weighted by atomic mass is 11.0. The molecule has 0 aromatic rings. The second-order valence-electron chi connectivity index (χ2n) is 1.60. The van der Waals surface area contributed by atoms with Gasteiger partial charge in [0.05, 0.1) is 0 Å². The molecule has 0 fully saturated rings. The third kappa shape index (κ3) is 9.35. The molecule has 0 aliphatic carbocycles. The van der Waals surface area contributed by atoms with Gasteiger partial charge in [-0.05, 0) is 23.6 Å². The molecule has 0 aromatic carbocycles. The van der Waals surface area contributed by atoms with Gasteiger partial charge in [-0.1, -0.05) is 0 Å². The predicted octanol–water partition coefficient (Wildman–Crippen LogP) is 0.0898. The van der Waals surface area contributed by atoms with Crippen molar-refractivity contribution < 1.29 is 0 Å². The van der Waals surface area contributed by atoms with E-state index < -0.39 is 0 Å². The zero-order valence-corrected chi connectivity index (χ0v) is 10.5. The van der Waals surface area contributed by atoms with E-state index in [1.54, 1.807) is 0 Å². The molecule has 0 amide bonds. The van der Waals surface area contributed by atoms with Crippen molar-refractivity contribution in [3.63, 3.8) is 0 Å². The first-order chi connectivity index (χ1) is 4.41. The van der Waals surface area contributed by atoms with Crippen molar-refractivity contribution in [2.75, 3.05) is 11.5 Å². The van der Waals surface area contributed by atoms with Crippen LogP contribution in [0.3, 0.4) is 0 Å². The summed E-state index contributed by atoms with van der Waals surface area (Å²) >= 11 is 8.33. The van der Waals surface area contributed by atoms with Crippen LogP contribution in [0.25, 0.3) is 0 Å². The van der Waals surface area contributed by atoms with E-state index in [1.165, 1.54) is 19.8 Å². The fourth-order valence-corrected chi connectivity index (χ4v) is 10.2. The van der Waals surface area contributed by atoms with Crippen molar-refractivity contribution in [2.24, 2.45) is 0 Å². The van der Waals surface area contributed by atoms with Crippen LogP contribution in [0, 0.1) is 0 Å². The Morgan fingerprint density at radius 1 is 1.00 bits per heavy atom. The Labute approximate surface area is 73.7 Å². The predicted molar refractivity (Wildman–Crippen MR) is 57.4 cm³/mol. The molecule has 0 heterocycles. The molecule has 5 heteroatoms. The molecule has 0 aliphatic rings. The quantitative estimate of drug-likeness (QED) is 0.475. The van der Waals surface area contributed by atoms with Crippen LogP contribution in [0.1, 0.15) is 0 Å². The maximum atomic E-state index is 4.17. The third-order valence-electron chi connectivity index (χ3n) is 0.783. The van der Waals surface area contributed by atoms with Gasteiger partial charge in [-0.2, -0.15) is 25.3 Å². The average Bonchev–Trinajstić information content (AvgIpc) is 1.89. The number of rotatable bonds is 4. The molecule has 0 unspecified atom stereocenters. The largest absolute Gasteiger partial charge is 0.179 e. The first-order valence-electron chi connectivity index (χ1n) is 3.03. The average molecular weight is 209 g/mol. The van der Waals surface area contributed by atoms with Crippen molar-refractivity contribution in [1.82, 2.24) is 0 Å². The lowest BCUT2D eigenvalue weighted by Gasteiger charge is -1.77. The molecule has 0 nitrogen and oxygen atoms in total. The van der Waals surface area contributed by atoms with E-state index >= 15 is 0 Å². The Hall–Kier alpha value is 1.35. The summed E-state index contributed by atoms with van der Waals surface area (Å²) in [5.41, 5.74) is 0. The molecule has 0 aromatic heterocycles. The van der Waals surface area contributed by atoms with Crippen LogP contribution in [-0.4, -0.2) is 36.4 Å². The standard InChI is InChI=1S/C4H12S2Si3/c5-1-3-7-9-8-4-2-6/h5-8H,1-4H2. The van der Waals surface area contributed by atoms with Gasteiger partial charge >= 0.3 is 0 Å². The van der Waals surface area contributed by atoms with Gasteiger partial charge in [-0.3, -0.25) is 0 Å². The zero-order valence-electron chi connectivity index (χ0n) is 5.38. The van der Waals surface area contributed by atoms with Crippen molar-refractivity contribution in [3.8, 4) is 0 Å². The maximum Gasteiger partial charge on any atom is 0.00868 e. The summed E-state index contributed by atoms with van der Waals surface area (Å²) in [4.78, 5) is 0. The van der Waals surface area contributed by atoms with Crippen molar-refractivity contribution >= 4 is 50.2 Å². The normalized spacial score (nSPS) is 8.22. The molecule has 0 saturated heterocycles. The summed E-state index contributed by atoms with van der Waals surface area (Å²) in [6.45, 7) is 0. The molecule has 0 bridgehead atoms.